The van der Waals surface area contributed by atoms with Crippen LogP contribution in [0.2, 0.25) is 5.02 Å². The quantitative estimate of drug-likeness (QED) is 0.220. The van der Waals surface area contributed by atoms with Crippen molar-refractivity contribution in [3.63, 3.8) is 0 Å². The monoisotopic (exact) mass is 595 g/mol. The molecule has 0 bridgehead atoms. The van der Waals surface area contributed by atoms with Crippen LogP contribution in [0, 0.1) is 5.92 Å². The Balaban J connectivity index is 1.30. The van der Waals surface area contributed by atoms with Crippen molar-refractivity contribution < 1.29 is 27.8 Å². The number of halogens is 3. The van der Waals surface area contributed by atoms with E-state index in [4.69, 9.17) is 25.7 Å². The van der Waals surface area contributed by atoms with E-state index in [1.54, 1.807) is 24.3 Å². The maximum atomic E-state index is 13.9. The summed E-state index contributed by atoms with van der Waals surface area (Å²) in [5.41, 5.74) is 2.30. The van der Waals surface area contributed by atoms with Gasteiger partial charge in [-0.25, -0.2) is 23.5 Å². The van der Waals surface area contributed by atoms with Gasteiger partial charge >= 0.3 is 5.97 Å². The lowest BCUT2D eigenvalue weighted by atomic mass is 9.85. The highest BCUT2D eigenvalue weighted by Gasteiger charge is 2.42. The number of carbonyl (C=O) groups is 1. The van der Waals surface area contributed by atoms with E-state index in [9.17, 15) is 18.7 Å². The van der Waals surface area contributed by atoms with Crippen LogP contribution in [0.4, 0.5) is 14.6 Å². The normalized spacial score (nSPS) is 23.0. The molecule has 2 aromatic carbocycles. The Morgan fingerprint density at radius 2 is 1.93 bits per heavy atom. The van der Waals surface area contributed by atoms with Gasteiger partial charge in [-0.05, 0) is 43.0 Å². The van der Waals surface area contributed by atoms with E-state index in [1.807, 2.05) is 18.2 Å². The maximum absolute atomic E-state index is 13.9. The fraction of sp³-hybridized carbons (Fsp3) is 0.400. The van der Waals surface area contributed by atoms with Crippen molar-refractivity contribution in [2.75, 3.05) is 11.4 Å². The Bertz CT molecular complexity index is 1820. The standard InChI is InChI=1S/C30H28ClF2N5O4/c1-15-7-2-4-11-20(15)38-24-18(31)9-6-10-19(24)34-30(38)41-16-13-21(29(39)40)37(14-16)28-25-23(35-27(36-28)26(32)33)17-8-3-5-12-22(17)42-25/h3,5-6,8-10,12,15-16,20-21,26H,2,4,7,11,13-14H2,1H3,(H,39,40)/t15-,16?,20+,21+/m1/s1. The number of aromatic nitrogens is 4. The summed E-state index contributed by atoms with van der Waals surface area (Å²) in [6.07, 6.45) is 0.754. The summed E-state index contributed by atoms with van der Waals surface area (Å²) in [5, 5.41) is 11.3. The molecule has 218 valence electrons. The van der Waals surface area contributed by atoms with Crippen molar-refractivity contribution >= 4 is 56.5 Å². The highest BCUT2D eigenvalue weighted by atomic mass is 35.5. The lowest BCUT2D eigenvalue weighted by molar-refractivity contribution is -0.138. The molecule has 4 heterocycles. The Morgan fingerprint density at radius 1 is 1.12 bits per heavy atom. The van der Waals surface area contributed by atoms with E-state index in [2.05, 4.69) is 21.5 Å². The van der Waals surface area contributed by atoms with E-state index in [-0.39, 0.29) is 35.9 Å². The van der Waals surface area contributed by atoms with E-state index in [0.717, 1.165) is 31.2 Å². The molecule has 4 atom stereocenters. The zero-order valence-corrected chi connectivity index (χ0v) is 23.5. The number of rotatable bonds is 6. The van der Waals surface area contributed by atoms with Crippen LogP contribution in [0.3, 0.4) is 0 Å². The molecule has 3 aromatic heterocycles. The highest BCUT2D eigenvalue weighted by Crippen LogP contribution is 2.42. The van der Waals surface area contributed by atoms with Crippen LogP contribution in [0.1, 0.15) is 57.3 Å². The Morgan fingerprint density at radius 3 is 2.71 bits per heavy atom. The molecular formula is C30H28ClF2N5O4. The van der Waals surface area contributed by atoms with Crippen LogP contribution in [0.5, 0.6) is 6.01 Å². The number of imidazole rings is 1. The van der Waals surface area contributed by atoms with Crippen LogP contribution in [-0.2, 0) is 4.79 Å². The fourth-order valence-corrected chi connectivity index (χ4v) is 6.80. The van der Waals surface area contributed by atoms with Gasteiger partial charge in [-0.2, -0.15) is 4.98 Å². The van der Waals surface area contributed by atoms with Crippen molar-refractivity contribution in [3.8, 4) is 6.01 Å². The zero-order chi connectivity index (χ0) is 29.1. The van der Waals surface area contributed by atoms with Crippen molar-refractivity contribution in [1.82, 2.24) is 19.5 Å². The minimum atomic E-state index is -2.96. The molecule has 7 rings (SSSR count). The summed E-state index contributed by atoms with van der Waals surface area (Å²) in [6.45, 7) is 2.28. The number of para-hydroxylation sites is 2. The molecule has 0 spiro atoms. The van der Waals surface area contributed by atoms with Gasteiger partial charge < -0.3 is 19.2 Å². The van der Waals surface area contributed by atoms with Crippen LogP contribution in [-0.4, -0.2) is 49.3 Å². The predicted octanol–water partition coefficient (Wildman–Crippen LogP) is 7.18. The van der Waals surface area contributed by atoms with Crippen LogP contribution < -0.4 is 9.64 Å². The number of carboxylic acid groups (broad SMARTS) is 1. The second kappa shape index (κ2) is 10.4. The van der Waals surface area contributed by atoms with Crippen molar-refractivity contribution in [2.24, 2.45) is 5.92 Å². The maximum Gasteiger partial charge on any atom is 0.326 e. The van der Waals surface area contributed by atoms with E-state index in [1.165, 1.54) is 4.90 Å². The van der Waals surface area contributed by atoms with E-state index < -0.39 is 30.4 Å². The molecule has 5 aromatic rings. The number of carboxylic acids is 1. The number of anilines is 1. The SMILES string of the molecule is C[C@@H]1CCCC[C@@H]1n1c(OC2C[C@@H](C(=O)O)N(c3nc(C(F)F)nc4c3oc3ccccc34)C2)nc2cccc(Cl)c21. The van der Waals surface area contributed by atoms with Crippen molar-refractivity contribution in [2.45, 2.75) is 63.6 Å². The summed E-state index contributed by atoms with van der Waals surface area (Å²) in [6, 6.07) is 11.9. The number of fused-ring (bicyclic) bond motifs is 4. The van der Waals surface area contributed by atoms with Gasteiger partial charge in [-0.3, -0.25) is 4.57 Å². The molecule has 2 fully saturated rings. The molecule has 9 nitrogen and oxygen atoms in total. The first-order valence-corrected chi connectivity index (χ1v) is 14.5. The van der Waals surface area contributed by atoms with Gasteiger partial charge in [0.05, 0.1) is 22.6 Å². The number of benzene rings is 2. The molecule has 1 aliphatic heterocycles. The molecule has 2 aliphatic rings. The minimum absolute atomic E-state index is 0.00227. The van der Waals surface area contributed by atoms with E-state index in [0.29, 0.717) is 33.4 Å². The summed E-state index contributed by atoms with van der Waals surface area (Å²) in [4.78, 5) is 26.9. The first kappa shape index (κ1) is 26.9. The summed E-state index contributed by atoms with van der Waals surface area (Å²) < 4.78 is 42.4. The second-order valence-electron chi connectivity index (χ2n) is 11.2. The molecule has 1 aliphatic carbocycles. The number of alkyl halides is 2. The van der Waals surface area contributed by atoms with Crippen LogP contribution >= 0.6 is 11.6 Å². The van der Waals surface area contributed by atoms with Gasteiger partial charge in [-0.1, -0.05) is 49.6 Å². The van der Waals surface area contributed by atoms with E-state index >= 15 is 0 Å². The first-order valence-electron chi connectivity index (χ1n) is 14.1. The topological polar surface area (TPSA) is 107 Å². The van der Waals surface area contributed by atoms with Crippen LogP contribution in [0.15, 0.2) is 46.9 Å². The number of aliphatic carboxylic acids is 1. The third-order valence-electron chi connectivity index (χ3n) is 8.53. The summed E-state index contributed by atoms with van der Waals surface area (Å²) >= 11 is 6.67. The van der Waals surface area contributed by atoms with Gasteiger partial charge in [0.1, 0.15) is 23.2 Å². The first-order chi connectivity index (χ1) is 20.3. The molecule has 0 radical (unpaired) electrons. The lowest BCUT2D eigenvalue weighted by Gasteiger charge is -2.31. The largest absolute Gasteiger partial charge is 0.480 e. The molecule has 0 amide bonds. The zero-order valence-electron chi connectivity index (χ0n) is 22.7. The highest BCUT2D eigenvalue weighted by molar-refractivity contribution is 6.35. The van der Waals surface area contributed by atoms with Gasteiger partial charge in [0, 0.05) is 17.8 Å². The predicted molar refractivity (Wildman–Crippen MR) is 153 cm³/mol. The lowest BCUT2D eigenvalue weighted by Crippen LogP contribution is -2.37. The molecular weight excluding hydrogens is 568 g/mol. The van der Waals surface area contributed by atoms with Crippen molar-refractivity contribution in [3.05, 3.63) is 53.3 Å². The molecule has 1 saturated heterocycles. The third kappa shape index (κ3) is 4.41. The average molecular weight is 596 g/mol. The fourth-order valence-electron chi connectivity index (χ4n) is 6.54. The van der Waals surface area contributed by atoms with Gasteiger partial charge in [0.2, 0.25) is 0 Å². The molecule has 1 saturated carbocycles. The molecule has 42 heavy (non-hydrogen) atoms. The van der Waals surface area contributed by atoms with Crippen molar-refractivity contribution in [1.29, 1.82) is 0 Å². The number of furan rings is 1. The van der Waals surface area contributed by atoms with Crippen LogP contribution in [0.25, 0.3) is 33.1 Å². The summed E-state index contributed by atoms with van der Waals surface area (Å²) in [7, 11) is 0. The van der Waals surface area contributed by atoms with Gasteiger partial charge in [0.15, 0.2) is 17.2 Å². The Labute approximate surface area is 244 Å². The summed E-state index contributed by atoms with van der Waals surface area (Å²) in [5.74, 6) is -1.44. The second-order valence-corrected chi connectivity index (χ2v) is 11.6. The smallest absolute Gasteiger partial charge is 0.326 e. The molecule has 1 N–H and O–H groups in total. The third-order valence-corrected chi connectivity index (χ3v) is 8.84. The van der Waals surface area contributed by atoms with Gasteiger partial charge in [-0.15, -0.1) is 0 Å². The number of hydrogen-bond acceptors (Lipinski definition) is 7. The Kier molecular flexibility index (Phi) is 6.64. The number of ether oxygens (including phenoxy) is 1. The average Bonchev–Trinajstić information content (AvgIpc) is 3.67. The minimum Gasteiger partial charge on any atom is -0.480 e. The van der Waals surface area contributed by atoms with Gasteiger partial charge in [0.25, 0.3) is 12.4 Å². The number of nitrogens with zero attached hydrogens (tertiary/aromatic N) is 5. The number of hydrogen-bond donors (Lipinski definition) is 1. The molecule has 1 unspecified atom stereocenters. The molecule has 12 heteroatoms. The Hall–Kier alpha value is -3.99.